The van der Waals surface area contributed by atoms with Crippen molar-refractivity contribution < 1.29 is 4.79 Å². The van der Waals surface area contributed by atoms with Gasteiger partial charge in [-0.15, -0.1) is 0 Å². The second-order valence-corrected chi connectivity index (χ2v) is 4.83. The molecule has 1 aliphatic carbocycles. The van der Waals surface area contributed by atoms with Crippen molar-refractivity contribution >= 4 is 18.5 Å². The maximum Gasteiger partial charge on any atom is 0.238 e. The standard InChI is InChI=1S/C12H15NOS/c13-11(14)12(15,10-7-4-8-10)9-5-2-1-3-6-9/h1-3,5-6,10,15H,4,7-8H2,(H2,13,14). The van der Waals surface area contributed by atoms with E-state index in [9.17, 15) is 4.79 Å². The minimum absolute atomic E-state index is 0.292. The Balaban J connectivity index is 2.38. The molecule has 1 atom stereocenters. The number of amides is 1. The van der Waals surface area contributed by atoms with E-state index in [1.54, 1.807) is 0 Å². The Kier molecular flexibility index (Phi) is 2.74. The van der Waals surface area contributed by atoms with Crippen molar-refractivity contribution in [3.05, 3.63) is 35.9 Å². The van der Waals surface area contributed by atoms with E-state index in [0.29, 0.717) is 5.92 Å². The van der Waals surface area contributed by atoms with Gasteiger partial charge in [-0.3, -0.25) is 4.79 Å². The topological polar surface area (TPSA) is 43.1 Å². The summed E-state index contributed by atoms with van der Waals surface area (Å²) in [7, 11) is 0. The fraction of sp³-hybridized carbons (Fsp3) is 0.417. The molecule has 1 aliphatic rings. The van der Waals surface area contributed by atoms with Gasteiger partial charge in [0.2, 0.25) is 5.91 Å². The molecule has 0 spiro atoms. The van der Waals surface area contributed by atoms with E-state index in [0.717, 1.165) is 18.4 Å². The normalized spacial score (nSPS) is 20.3. The van der Waals surface area contributed by atoms with Gasteiger partial charge in [-0.25, -0.2) is 0 Å². The number of nitrogens with two attached hydrogens (primary N) is 1. The maximum absolute atomic E-state index is 11.6. The van der Waals surface area contributed by atoms with Gasteiger partial charge in [0.15, 0.2) is 0 Å². The fourth-order valence-corrected chi connectivity index (χ4v) is 2.50. The number of hydrogen-bond acceptors (Lipinski definition) is 2. The van der Waals surface area contributed by atoms with E-state index >= 15 is 0 Å². The van der Waals surface area contributed by atoms with Crippen molar-refractivity contribution in [1.29, 1.82) is 0 Å². The molecule has 1 amide bonds. The summed E-state index contributed by atoms with van der Waals surface area (Å²) in [5.41, 5.74) is 6.42. The van der Waals surface area contributed by atoms with Crippen molar-refractivity contribution in [2.24, 2.45) is 11.7 Å². The Morgan fingerprint density at radius 1 is 1.33 bits per heavy atom. The number of primary amides is 1. The molecule has 15 heavy (non-hydrogen) atoms. The Labute approximate surface area is 95.3 Å². The zero-order valence-corrected chi connectivity index (χ0v) is 9.41. The molecule has 1 fully saturated rings. The van der Waals surface area contributed by atoms with Crippen molar-refractivity contribution in [1.82, 2.24) is 0 Å². The zero-order chi connectivity index (χ0) is 10.9. The van der Waals surface area contributed by atoms with Gasteiger partial charge in [0, 0.05) is 0 Å². The van der Waals surface area contributed by atoms with Gasteiger partial charge >= 0.3 is 0 Å². The number of rotatable bonds is 3. The molecule has 0 radical (unpaired) electrons. The molecule has 2 nitrogen and oxygen atoms in total. The van der Waals surface area contributed by atoms with Gasteiger partial charge in [-0.05, 0) is 24.3 Å². The lowest BCUT2D eigenvalue weighted by Crippen LogP contribution is -2.45. The molecule has 0 saturated heterocycles. The van der Waals surface area contributed by atoms with Gasteiger partial charge in [-0.1, -0.05) is 36.8 Å². The highest BCUT2D eigenvalue weighted by atomic mass is 32.1. The summed E-state index contributed by atoms with van der Waals surface area (Å²) in [6.07, 6.45) is 3.26. The molecule has 1 aromatic carbocycles. The van der Waals surface area contributed by atoms with E-state index in [2.05, 4.69) is 12.6 Å². The number of carbonyl (C=O) groups is 1. The highest BCUT2D eigenvalue weighted by Gasteiger charge is 2.45. The number of carbonyl (C=O) groups excluding carboxylic acids is 1. The van der Waals surface area contributed by atoms with Gasteiger partial charge in [0.1, 0.15) is 4.75 Å². The second-order valence-electron chi connectivity index (χ2n) is 4.12. The van der Waals surface area contributed by atoms with Crippen LogP contribution in [0.25, 0.3) is 0 Å². The highest BCUT2D eigenvalue weighted by molar-refractivity contribution is 7.82. The summed E-state index contributed by atoms with van der Waals surface area (Å²) in [6.45, 7) is 0. The molecular formula is C12H15NOS. The van der Waals surface area contributed by atoms with E-state index in [1.807, 2.05) is 30.3 Å². The van der Waals surface area contributed by atoms with Crippen LogP contribution >= 0.6 is 12.6 Å². The van der Waals surface area contributed by atoms with Crippen LogP contribution in [0.3, 0.4) is 0 Å². The van der Waals surface area contributed by atoms with E-state index < -0.39 is 4.75 Å². The van der Waals surface area contributed by atoms with Crippen LogP contribution in [0.5, 0.6) is 0 Å². The lowest BCUT2D eigenvalue weighted by molar-refractivity contribution is -0.122. The van der Waals surface area contributed by atoms with Crippen LogP contribution in [0.1, 0.15) is 24.8 Å². The Bertz CT molecular complexity index is 361. The summed E-state index contributed by atoms with van der Waals surface area (Å²) in [6, 6.07) is 9.62. The smallest absolute Gasteiger partial charge is 0.238 e. The first-order chi connectivity index (χ1) is 7.15. The Morgan fingerprint density at radius 3 is 2.33 bits per heavy atom. The van der Waals surface area contributed by atoms with Crippen molar-refractivity contribution in [3.8, 4) is 0 Å². The largest absolute Gasteiger partial charge is 0.368 e. The first-order valence-corrected chi connectivity index (χ1v) is 5.68. The van der Waals surface area contributed by atoms with E-state index in [4.69, 9.17) is 5.73 Å². The fourth-order valence-electron chi connectivity index (χ4n) is 2.10. The quantitative estimate of drug-likeness (QED) is 0.754. The van der Waals surface area contributed by atoms with Crippen molar-refractivity contribution in [2.45, 2.75) is 24.0 Å². The monoisotopic (exact) mass is 221 g/mol. The predicted molar refractivity (Wildman–Crippen MR) is 63.6 cm³/mol. The molecular weight excluding hydrogens is 206 g/mol. The van der Waals surface area contributed by atoms with Crippen LogP contribution in [0.2, 0.25) is 0 Å². The average Bonchev–Trinajstić information content (AvgIpc) is 2.16. The van der Waals surface area contributed by atoms with Crippen LogP contribution in [0, 0.1) is 5.92 Å². The minimum Gasteiger partial charge on any atom is -0.368 e. The first kappa shape index (κ1) is 10.6. The summed E-state index contributed by atoms with van der Waals surface area (Å²) in [5.74, 6) is -0.0394. The Hall–Kier alpha value is -0.960. The van der Waals surface area contributed by atoms with Gasteiger partial charge in [0.25, 0.3) is 0 Å². The van der Waals surface area contributed by atoms with Gasteiger partial charge < -0.3 is 5.73 Å². The molecule has 2 N–H and O–H groups in total. The summed E-state index contributed by atoms with van der Waals surface area (Å²) >= 11 is 4.55. The summed E-state index contributed by atoms with van der Waals surface area (Å²) < 4.78 is -0.778. The van der Waals surface area contributed by atoms with Crippen molar-refractivity contribution in [3.63, 3.8) is 0 Å². The van der Waals surface area contributed by atoms with Crippen LogP contribution < -0.4 is 5.73 Å². The third-order valence-electron chi connectivity index (χ3n) is 3.29. The van der Waals surface area contributed by atoms with Crippen molar-refractivity contribution in [2.75, 3.05) is 0 Å². The highest BCUT2D eigenvalue weighted by Crippen LogP contribution is 2.46. The first-order valence-electron chi connectivity index (χ1n) is 5.23. The van der Waals surface area contributed by atoms with E-state index in [-0.39, 0.29) is 5.91 Å². The zero-order valence-electron chi connectivity index (χ0n) is 8.52. The molecule has 1 saturated carbocycles. The molecule has 3 heteroatoms. The maximum atomic E-state index is 11.6. The molecule has 0 bridgehead atoms. The summed E-state index contributed by atoms with van der Waals surface area (Å²) in [5, 5.41) is 0. The SMILES string of the molecule is NC(=O)C(S)(c1ccccc1)C1CCC1. The number of benzene rings is 1. The lowest BCUT2D eigenvalue weighted by atomic mass is 9.72. The van der Waals surface area contributed by atoms with Gasteiger partial charge in [-0.2, -0.15) is 12.6 Å². The third-order valence-corrected chi connectivity index (χ3v) is 4.13. The molecule has 0 heterocycles. The second kappa shape index (κ2) is 3.89. The van der Waals surface area contributed by atoms with Crippen LogP contribution in [0.4, 0.5) is 0 Å². The van der Waals surface area contributed by atoms with Crippen LogP contribution in [-0.2, 0) is 9.54 Å². The molecule has 1 unspecified atom stereocenters. The summed E-state index contributed by atoms with van der Waals surface area (Å²) in [4.78, 5) is 11.6. The predicted octanol–water partition coefficient (Wildman–Crippen LogP) is 2.10. The molecule has 0 aliphatic heterocycles. The third kappa shape index (κ3) is 1.65. The molecule has 1 aromatic rings. The number of hydrogen-bond donors (Lipinski definition) is 2. The Morgan fingerprint density at radius 2 is 1.93 bits per heavy atom. The van der Waals surface area contributed by atoms with Crippen LogP contribution in [-0.4, -0.2) is 5.91 Å². The van der Waals surface area contributed by atoms with Gasteiger partial charge in [0.05, 0.1) is 0 Å². The molecule has 2 rings (SSSR count). The lowest BCUT2D eigenvalue weighted by Gasteiger charge is -2.40. The molecule has 80 valence electrons. The molecule has 0 aromatic heterocycles. The average molecular weight is 221 g/mol. The van der Waals surface area contributed by atoms with Crippen LogP contribution in [0.15, 0.2) is 30.3 Å². The van der Waals surface area contributed by atoms with E-state index in [1.165, 1.54) is 6.42 Å². The number of thiol groups is 1. The minimum atomic E-state index is -0.778.